The molecule has 6 nitrogen and oxygen atoms in total. The van der Waals surface area contributed by atoms with E-state index in [9.17, 15) is 18.3 Å². The zero-order valence-corrected chi connectivity index (χ0v) is 27.3. The molecule has 11 heteroatoms. The molecule has 2 saturated carbocycles. The molecule has 3 N–H and O–H groups in total. The number of aromatic hydroxyl groups is 1. The van der Waals surface area contributed by atoms with Gasteiger partial charge in [-0.3, -0.25) is 0 Å². The van der Waals surface area contributed by atoms with E-state index in [-0.39, 0.29) is 5.92 Å². The summed E-state index contributed by atoms with van der Waals surface area (Å²) in [6, 6.07) is 31.5. The van der Waals surface area contributed by atoms with Gasteiger partial charge in [-0.05, 0) is 104 Å². The van der Waals surface area contributed by atoms with E-state index in [0.29, 0.717) is 23.8 Å². The standard InChI is InChI=1S/C35H33Cl2N3O.C2HF3O2/c36-26-11-6-22(7-12-26)34(23-8-13-27(37)14-9-23)25-10-19-32-33(20-25)40(35(39-32)24-4-5-24)30-17-15-28(16-18-30)38-29-2-1-3-31(41)21-29;3-2(4,5)1(6)7/h1-3,6-14,19-21,24,28,30,34,38,41H,4-5,15-18H2;(H,6,7). The summed E-state index contributed by atoms with van der Waals surface area (Å²) in [5.41, 5.74) is 6.94. The van der Waals surface area contributed by atoms with Gasteiger partial charge in [0.15, 0.2) is 0 Å². The highest BCUT2D eigenvalue weighted by Gasteiger charge is 2.38. The molecule has 250 valence electrons. The van der Waals surface area contributed by atoms with Crippen LogP contribution >= 0.6 is 23.2 Å². The van der Waals surface area contributed by atoms with Gasteiger partial charge in [-0.15, -0.1) is 0 Å². The highest BCUT2D eigenvalue weighted by Crippen LogP contribution is 2.45. The van der Waals surface area contributed by atoms with E-state index in [0.717, 1.165) is 46.9 Å². The Labute approximate surface area is 286 Å². The Morgan fingerprint density at radius 1 is 0.812 bits per heavy atom. The van der Waals surface area contributed by atoms with Crippen molar-refractivity contribution in [2.45, 2.75) is 68.6 Å². The number of nitrogens with zero attached hydrogens (tertiary/aromatic N) is 2. The number of hydrogen-bond donors (Lipinski definition) is 3. The molecule has 48 heavy (non-hydrogen) atoms. The first-order valence-electron chi connectivity index (χ1n) is 15.8. The fourth-order valence-electron chi connectivity index (χ4n) is 6.52. The average Bonchev–Trinajstić information content (AvgIpc) is 3.83. The Bertz CT molecular complexity index is 1840. The van der Waals surface area contributed by atoms with Crippen molar-refractivity contribution in [1.29, 1.82) is 0 Å². The van der Waals surface area contributed by atoms with E-state index in [4.69, 9.17) is 38.1 Å². The van der Waals surface area contributed by atoms with E-state index in [2.05, 4.69) is 52.3 Å². The van der Waals surface area contributed by atoms with Gasteiger partial charge < -0.3 is 20.1 Å². The van der Waals surface area contributed by atoms with E-state index in [1.165, 1.54) is 40.9 Å². The number of anilines is 1. The molecule has 0 amide bonds. The molecule has 1 heterocycles. The van der Waals surface area contributed by atoms with Crippen molar-refractivity contribution in [2.75, 3.05) is 5.32 Å². The number of phenols is 1. The number of fused-ring (bicyclic) bond motifs is 1. The van der Waals surface area contributed by atoms with Gasteiger partial charge in [0.1, 0.15) is 11.6 Å². The molecule has 2 aliphatic rings. The number of benzene rings is 4. The van der Waals surface area contributed by atoms with Crippen LogP contribution in [0.15, 0.2) is 91.0 Å². The van der Waals surface area contributed by atoms with Crippen LogP contribution in [0.1, 0.15) is 78.9 Å². The lowest BCUT2D eigenvalue weighted by Crippen LogP contribution is -2.28. The maximum atomic E-state index is 10.6. The van der Waals surface area contributed by atoms with Crippen LogP contribution in [0.2, 0.25) is 10.0 Å². The highest BCUT2D eigenvalue weighted by molar-refractivity contribution is 6.30. The number of carboxylic acid groups (broad SMARTS) is 1. The van der Waals surface area contributed by atoms with Crippen molar-refractivity contribution < 1.29 is 28.2 Å². The number of rotatable bonds is 7. The molecule has 2 fully saturated rings. The van der Waals surface area contributed by atoms with Crippen molar-refractivity contribution in [3.8, 4) is 5.75 Å². The third-order valence-electron chi connectivity index (χ3n) is 8.94. The smallest absolute Gasteiger partial charge is 0.490 e. The van der Waals surface area contributed by atoms with Crippen molar-refractivity contribution in [3.63, 3.8) is 0 Å². The van der Waals surface area contributed by atoms with Crippen molar-refractivity contribution in [1.82, 2.24) is 9.55 Å². The van der Waals surface area contributed by atoms with Crippen LogP contribution in [0, 0.1) is 0 Å². The highest BCUT2D eigenvalue weighted by atomic mass is 35.5. The van der Waals surface area contributed by atoms with Crippen LogP contribution < -0.4 is 5.32 Å². The number of phenolic OH excluding ortho intramolecular Hbond substituents is 1. The molecular weight excluding hydrogens is 662 g/mol. The number of aliphatic carboxylic acids is 1. The maximum absolute atomic E-state index is 10.6. The largest absolute Gasteiger partial charge is 0.508 e. The second kappa shape index (κ2) is 14.1. The van der Waals surface area contributed by atoms with Gasteiger partial charge in [-0.2, -0.15) is 13.2 Å². The van der Waals surface area contributed by atoms with Crippen LogP contribution in [0.5, 0.6) is 5.75 Å². The minimum atomic E-state index is -5.08. The van der Waals surface area contributed by atoms with Crippen molar-refractivity contribution >= 4 is 45.9 Å². The van der Waals surface area contributed by atoms with Gasteiger partial charge >= 0.3 is 12.1 Å². The first-order chi connectivity index (χ1) is 23.0. The van der Waals surface area contributed by atoms with E-state index < -0.39 is 12.1 Å². The molecule has 0 spiro atoms. The lowest BCUT2D eigenvalue weighted by atomic mass is 9.85. The fraction of sp³-hybridized carbons (Fsp3) is 0.297. The number of imidazole rings is 1. The minimum Gasteiger partial charge on any atom is -0.508 e. The molecule has 7 rings (SSSR count). The van der Waals surface area contributed by atoms with Crippen LogP contribution in [-0.2, 0) is 4.79 Å². The number of aromatic nitrogens is 2. The minimum absolute atomic E-state index is 0.0592. The number of halogens is 5. The molecule has 4 aromatic carbocycles. The van der Waals surface area contributed by atoms with Crippen LogP contribution in [-0.4, -0.2) is 38.0 Å². The van der Waals surface area contributed by atoms with Crippen molar-refractivity contribution in [3.05, 3.63) is 124 Å². The van der Waals surface area contributed by atoms with Crippen molar-refractivity contribution in [2.24, 2.45) is 0 Å². The third kappa shape index (κ3) is 7.90. The lowest BCUT2D eigenvalue weighted by molar-refractivity contribution is -0.192. The molecule has 0 saturated heterocycles. The molecule has 0 atom stereocenters. The topological polar surface area (TPSA) is 87.4 Å². The zero-order valence-electron chi connectivity index (χ0n) is 25.8. The van der Waals surface area contributed by atoms with E-state index in [1.807, 2.05) is 36.4 Å². The Hall–Kier alpha value is -4.21. The molecule has 0 radical (unpaired) electrons. The second-order valence-corrected chi connectivity index (χ2v) is 13.3. The van der Waals surface area contributed by atoms with Gasteiger partial charge in [0, 0.05) is 45.7 Å². The number of alkyl halides is 3. The fourth-order valence-corrected chi connectivity index (χ4v) is 6.77. The lowest BCUT2D eigenvalue weighted by Gasteiger charge is -2.32. The summed E-state index contributed by atoms with van der Waals surface area (Å²) < 4.78 is 34.3. The molecule has 2 aliphatic carbocycles. The van der Waals surface area contributed by atoms with Gasteiger partial charge in [-0.25, -0.2) is 9.78 Å². The first-order valence-corrected chi connectivity index (χ1v) is 16.6. The molecule has 1 aromatic heterocycles. The number of carboxylic acids is 1. The van der Waals surface area contributed by atoms with Gasteiger partial charge in [0.05, 0.1) is 11.0 Å². The Balaban J connectivity index is 0.000000519. The quantitative estimate of drug-likeness (QED) is 0.148. The van der Waals surface area contributed by atoms with E-state index >= 15 is 0 Å². The van der Waals surface area contributed by atoms with Gasteiger partial charge in [0.2, 0.25) is 0 Å². The molecule has 0 bridgehead atoms. The normalized spacial score (nSPS) is 18.0. The summed E-state index contributed by atoms with van der Waals surface area (Å²) in [6.45, 7) is 0. The summed E-state index contributed by atoms with van der Waals surface area (Å²) in [6.07, 6.45) is 1.74. The monoisotopic (exact) mass is 695 g/mol. The van der Waals surface area contributed by atoms with E-state index in [1.54, 1.807) is 12.1 Å². The maximum Gasteiger partial charge on any atom is 0.490 e. The average molecular weight is 697 g/mol. The Kier molecular flexibility index (Phi) is 9.90. The third-order valence-corrected chi connectivity index (χ3v) is 9.45. The van der Waals surface area contributed by atoms with Crippen LogP contribution in [0.4, 0.5) is 18.9 Å². The molecule has 0 unspecified atom stereocenters. The molecule has 0 aliphatic heterocycles. The number of hydrogen-bond acceptors (Lipinski definition) is 4. The zero-order chi connectivity index (χ0) is 34.0. The predicted molar refractivity (Wildman–Crippen MR) is 182 cm³/mol. The van der Waals surface area contributed by atoms with Gasteiger partial charge in [-0.1, -0.05) is 59.6 Å². The summed E-state index contributed by atoms with van der Waals surface area (Å²) in [7, 11) is 0. The first kappa shape index (κ1) is 33.7. The van der Waals surface area contributed by atoms with Crippen LogP contribution in [0.25, 0.3) is 11.0 Å². The number of carbonyl (C=O) groups is 1. The Morgan fingerprint density at radius 2 is 1.38 bits per heavy atom. The number of nitrogens with one attached hydrogen (secondary N) is 1. The predicted octanol–water partition coefficient (Wildman–Crippen LogP) is 10.3. The molecular formula is C37H34Cl2F3N3O3. The summed E-state index contributed by atoms with van der Waals surface area (Å²) in [5.74, 6) is -0.571. The second-order valence-electron chi connectivity index (χ2n) is 12.4. The Morgan fingerprint density at radius 3 is 1.90 bits per heavy atom. The SMILES string of the molecule is O=C(O)C(F)(F)F.Oc1cccc(NC2CCC(n3c(C4CC4)nc4ccc(C(c5ccc(Cl)cc5)c5ccc(Cl)cc5)cc43)CC2)c1. The summed E-state index contributed by atoms with van der Waals surface area (Å²) in [5, 5.41) is 22.1. The summed E-state index contributed by atoms with van der Waals surface area (Å²) in [4.78, 5) is 14.1. The molecule has 5 aromatic rings. The van der Waals surface area contributed by atoms with Gasteiger partial charge in [0.25, 0.3) is 0 Å². The van der Waals surface area contributed by atoms with Crippen LogP contribution in [0.3, 0.4) is 0 Å². The summed E-state index contributed by atoms with van der Waals surface area (Å²) >= 11 is 12.5.